The maximum absolute atomic E-state index is 14.1. The molecule has 0 aliphatic heterocycles. The SMILES string of the molecule is CC[C@H](C)NC(=O)[C@@H](C)N(Cc1cccc(C)c1)C(=O)CN(c1ccc(Cl)cc1)S(=O)(=O)c1ccc(OC)c(OC)c1. The van der Waals surface area contributed by atoms with Gasteiger partial charge in [-0.15, -0.1) is 0 Å². The van der Waals surface area contributed by atoms with Gasteiger partial charge in [0.15, 0.2) is 11.5 Å². The first kappa shape index (κ1) is 32.8. The number of hydrogen-bond donors (Lipinski definition) is 1. The Labute approximate surface area is 253 Å². The lowest BCUT2D eigenvalue weighted by atomic mass is 10.1. The average Bonchev–Trinajstić information content (AvgIpc) is 2.98. The fraction of sp³-hybridized carbons (Fsp3) is 0.355. The van der Waals surface area contributed by atoms with E-state index in [4.69, 9.17) is 21.1 Å². The van der Waals surface area contributed by atoms with Gasteiger partial charge in [0.25, 0.3) is 10.0 Å². The Bertz CT molecular complexity index is 1500. The first-order valence-corrected chi connectivity index (χ1v) is 15.4. The molecule has 0 aliphatic rings. The monoisotopic (exact) mass is 615 g/mol. The molecule has 0 bridgehead atoms. The molecule has 42 heavy (non-hydrogen) atoms. The number of methoxy groups -OCH3 is 2. The number of nitrogens with one attached hydrogen (secondary N) is 1. The molecule has 0 saturated carbocycles. The van der Waals surface area contributed by atoms with Gasteiger partial charge in [0, 0.05) is 23.7 Å². The molecule has 0 unspecified atom stereocenters. The molecule has 1 N–H and O–H groups in total. The maximum atomic E-state index is 14.1. The lowest BCUT2D eigenvalue weighted by molar-refractivity contribution is -0.139. The van der Waals surface area contributed by atoms with Gasteiger partial charge in [-0.3, -0.25) is 13.9 Å². The molecular weight excluding hydrogens is 578 g/mol. The van der Waals surface area contributed by atoms with Crippen molar-refractivity contribution in [2.75, 3.05) is 25.1 Å². The van der Waals surface area contributed by atoms with E-state index in [1.807, 2.05) is 45.0 Å². The molecular formula is C31H38ClN3O6S. The van der Waals surface area contributed by atoms with Gasteiger partial charge in [-0.2, -0.15) is 0 Å². The molecule has 11 heteroatoms. The van der Waals surface area contributed by atoms with Crippen LogP contribution in [0, 0.1) is 6.92 Å². The third kappa shape index (κ3) is 7.95. The zero-order valence-electron chi connectivity index (χ0n) is 24.8. The van der Waals surface area contributed by atoms with Gasteiger partial charge in [-0.25, -0.2) is 8.42 Å². The predicted octanol–water partition coefficient (Wildman–Crippen LogP) is 5.19. The van der Waals surface area contributed by atoms with Crippen molar-refractivity contribution in [2.45, 2.75) is 57.6 Å². The van der Waals surface area contributed by atoms with E-state index < -0.39 is 28.5 Å². The van der Waals surface area contributed by atoms with E-state index in [9.17, 15) is 18.0 Å². The van der Waals surface area contributed by atoms with Gasteiger partial charge in [-0.1, -0.05) is 48.4 Å². The summed E-state index contributed by atoms with van der Waals surface area (Å²) in [6.45, 7) is 6.96. The molecule has 3 aromatic carbocycles. The number of carbonyl (C=O) groups is 2. The summed E-state index contributed by atoms with van der Waals surface area (Å²) in [5.74, 6) is -0.304. The van der Waals surface area contributed by atoms with E-state index in [2.05, 4.69) is 5.32 Å². The number of carbonyl (C=O) groups excluding carboxylic acids is 2. The highest BCUT2D eigenvalue weighted by Gasteiger charge is 2.33. The molecule has 0 aromatic heterocycles. The van der Waals surface area contributed by atoms with Crippen LogP contribution in [0.25, 0.3) is 0 Å². The lowest BCUT2D eigenvalue weighted by Gasteiger charge is -2.32. The van der Waals surface area contributed by atoms with Crippen molar-refractivity contribution >= 4 is 39.1 Å². The molecule has 0 saturated heterocycles. The number of benzene rings is 3. The van der Waals surface area contributed by atoms with E-state index >= 15 is 0 Å². The first-order chi connectivity index (χ1) is 19.9. The highest BCUT2D eigenvalue weighted by Crippen LogP contribution is 2.32. The predicted molar refractivity (Wildman–Crippen MR) is 165 cm³/mol. The van der Waals surface area contributed by atoms with E-state index in [0.717, 1.165) is 21.9 Å². The maximum Gasteiger partial charge on any atom is 0.264 e. The van der Waals surface area contributed by atoms with Crippen LogP contribution in [0.15, 0.2) is 71.6 Å². The minimum absolute atomic E-state index is 0.0909. The van der Waals surface area contributed by atoms with Gasteiger partial charge in [0.1, 0.15) is 12.6 Å². The summed E-state index contributed by atoms with van der Waals surface area (Å²) in [6.07, 6.45) is 0.720. The number of ether oxygens (including phenoxy) is 2. The Morgan fingerprint density at radius 2 is 1.62 bits per heavy atom. The second kappa shape index (κ2) is 14.4. The van der Waals surface area contributed by atoms with Crippen LogP contribution in [0.3, 0.4) is 0 Å². The van der Waals surface area contributed by atoms with Crippen LogP contribution in [0.4, 0.5) is 5.69 Å². The summed E-state index contributed by atoms with van der Waals surface area (Å²) in [5, 5.41) is 3.33. The lowest BCUT2D eigenvalue weighted by Crippen LogP contribution is -2.52. The highest BCUT2D eigenvalue weighted by atomic mass is 35.5. The fourth-order valence-electron chi connectivity index (χ4n) is 4.30. The normalized spacial score (nSPS) is 12.6. The minimum atomic E-state index is -4.29. The van der Waals surface area contributed by atoms with Crippen LogP contribution in [0.1, 0.15) is 38.3 Å². The summed E-state index contributed by atoms with van der Waals surface area (Å²) in [7, 11) is -1.44. The van der Waals surface area contributed by atoms with Crippen molar-refractivity contribution in [3.8, 4) is 11.5 Å². The van der Waals surface area contributed by atoms with Crippen molar-refractivity contribution in [1.29, 1.82) is 0 Å². The second-order valence-corrected chi connectivity index (χ2v) is 12.3. The fourth-order valence-corrected chi connectivity index (χ4v) is 5.85. The standard InChI is InChI=1S/C31H38ClN3O6S/c1-7-22(3)33-31(37)23(4)34(19-24-10-8-9-21(2)17-24)30(36)20-35(26-13-11-25(32)12-14-26)42(38,39)27-15-16-28(40-5)29(18-27)41-6/h8-18,22-23H,7,19-20H2,1-6H3,(H,33,37)/t22-,23+/m0/s1. The Kier molecular flexibility index (Phi) is 11.2. The first-order valence-electron chi connectivity index (χ1n) is 13.6. The second-order valence-electron chi connectivity index (χ2n) is 10.0. The van der Waals surface area contributed by atoms with Gasteiger partial charge in [0.05, 0.1) is 24.8 Å². The Balaban J connectivity index is 2.06. The van der Waals surface area contributed by atoms with E-state index in [-0.39, 0.29) is 34.8 Å². The van der Waals surface area contributed by atoms with Crippen LogP contribution in [0.5, 0.6) is 11.5 Å². The molecule has 3 rings (SSSR count). The summed E-state index contributed by atoms with van der Waals surface area (Å²) in [4.78, 5) is 28.5. The number of aryl methyl sites for hydroxylation is 1. The number of rotatable bonds is 13. The third-order valence-corrected chi connectivity index (χ3v) is 8.96. The van der Waals surface area contributed by atoms with Crippen LogP contribution in [-0.2, 0) is 26.2 Å². The molecule has 0 fully saturated rings. The van der Waals surface area contributed by atoms with E-state index in [1.165, 1.54) is 49.5 Å². The molecule has 2 amide bonds. The Morgan fingerprint density at radius 1 is 0.952 bits per heavy atom. The molecule has 3 aromatic rings. The van der Waals surface area contributed by atoms with Crippen LogP contribution < -0.4 is 19.1 Å². The summed E-state index contributed by atoms with van der Waals surface area (Å²) in [5.41, 5.74) is 2.04. The van der Waals surface area contributed by atoms with Crippen LogP contribution in [0.2, 0.25) is 5.02 Å². The van der Waals surface area contributed by atoms with E-state index in [1.54, 1.807) is 19.1 Å². The van der Waals surface area contributed by atoms with Crippen LogP contribution in [-0.4, -0.2) is 58.0 Å². The summed E-state index contributed by atoms with van der Waals surface area (Å²) in [6, 6.07) is 17.0. The number of amides is 2. The molecule has 2 atom stereocenters. The average molecular weight is 616 g/mol. The van der Waals surface area contributed by atoms with Crippen LogP contribution >= 0.6 is 11.6 Å². The van der Waals surface area contributed by atoms with Crippen molar-refractivity contribution in [2.24, 2.45) is 0 Å². The van der Waals surface area contributed by atoms with Crippen molar-refractivity contribution in [3.63, 3.8) is 0 Å². The number of hydrogen-bond acceptors (Lipinski definition) is 6. The zero-order chi connectivity index (χ0) is 31.0. The number of anilines is 1. The quantitative estimate of drug-likeness (QED) is 0.284. The van der Waals surface area contributed by atoms with Gasteiger partial charge in [-0.05, 0) is 69.2 Å². The molecule has 0 aliphatic carbocycles. The number of halogens is 1. The van der Waals surface area contributed by atoms with Crippen molar-refractivity contribution in [1.82, 2.24) is 10.2 Å². The van der Waals surface area contributed by atoms with E-state index in [0.29, 0.717) is 10.8 Å². The number of nitrogens with zero attached hydrogens (tertiary/aromatic N) is 2. The zero-order valence-corrected chi connectivity index (χ0v) is 26.3. The van der Waals surface area contributed by atoms with Crippen molar-refractivity contribution < 1.29 is 27.5 Å². The highest BCUT2D eigenvalue weighted by molar-refractivity contribution is 7.92. The van der Waals surface area contributed by atoms with Gasteiger partial charge >= 0.3 is 0 Å². The Morgan fingerprint density at radius 3 is 2.21 bits per heavy atom. The minimum Gasteiger partial charge on any atom is -0.493 e. The molecule has 0 radical (unpaired) electrons. The Hall–Kier alpha value is -3.76. The molecule has 0 heterocycles. The molecule has 226 valence electrons. The smallest absolute Gasteiger partial charge is 0.264 e. The summed E-state index contributed by atoms with van der Waals surface area (Å²) < 4.78 is 39.8. The van der Waals surface area contributed by atoms with Gasteiger partial charge in [0.2, 0.25) is 11.8 Å². The molecule has 0 spiro atoms. The summed E-state index contributed by atoms with van der Waals surface area (Å²) >= 11 is 6.09. The third-order valence-electron chi connectivity index (χ3n) is 6.94. The van der Waals surface area contributed by atoms with Crippen molar-refractivity contribution in [3.05, 3.63) is 82.9 Å². The van der Waals surface area contributed by atoms with Gasteiger partial charge < -0.3 is 19.7 Å². The molecule has 9 nitrogen and oxygen atoms in total. The topological polar surface area (TPSA) is 105 Å². The number of sulfonamides is 1. The largest absolute Gasteiger partial charge is 0.493 e.